The van der Waals surface area contributed by atoms with Crippen molar-refractivity contribution in [2.45, 2.75) is 33.2 Å². The van der Waals surface area contributed by atoms with Crippen LogP contribution >= 0.6 is 11.3 Å². The number of thiazole rings is 1. The Kier molecular flexibility index (Phi) is 4.77. The van der Waals surface area contributed by atoms with Gasteiger partial charge in [0, 0.05) is 6.92 Å². The molecule has 1 heterocycles. The molecule has 0 spiro atoms. The Balaban J connectivity index is 2.58. The van der Waals surface area contributed by atoms with E-state index in [0.29, 0.717) is 22.3 Å². The predicted octanol–water partition coefficient (Wildman–Crippen LogP) is 1.66. The zero-order valence-electron chi connectivity index (χ0n) is 10.2. The maximum atomic E-state index is 11.7. The number of nitrogens with one attached hydrogen (secondary N) is 1. The van der Waals surface area contributed by atoms with Gasteiger partial charge >= 0.3 is 0 Å². The molecule has 1 aromatic heterocycles. The van der Waals surface area contributed by atoms with Gasteiger partial charge in [-0.2, -0.15) is 0 Å². The van der Waals surface area contributed by atoms with Crippen LogP contribution in [0.3, 0.4) is 0 Å². The Labute approximate surface area is 104 Å². The van der Waals surface area contributed by atoms with Crippen molar-refractivity contribution in [2.75, 3.05) is 5.32 Å². The molecule has 1 amide bonds. The van der Waals surface area contributed by atoms with Crippen molar-refractivity contribution in [1.82, 2.24) is 4.98 Å². The third kappa shape index (κ3) is 4.24. The highest BCUT2D eigenvalue weighted by Crippen LogP contribution is 2.18. The lowest BCUT2D eigenvalue weighted by Gasteiger charge is -2.12. The van der Waals surface area contributed by atoms with Crippen molar-refractivity contribution in [3.05, 3.63) is 11.1 Å². The van der Waals surface area contributed by atoms with Crippen LogP contribution < -0.4 is 11.1 Å². The molecule has 3 N–H and O–H groups in total. The van der Waals surface area contributed by atoms with Crippen LogP contribution in [0.1, 0.15) is 36.9 Å². The van der Waals surface area contributed by atoms with E-state index < -0.39 is 6.04 Å². The van der Waals surface area contributed by atoms with E-state index in [1.54, 1.807) is 0 Å². The number of nitrogens with zero attached hydrogens (tertiary/aromatic N) is 1. The first kappa shape index (κ1) is 13.8. The number of amides is 1. The first-order chi connectivity index (χ1) is 7.90. The number of rotatable bonds is 5. The van der Waals surface area contributed by atoms with Gasteiger partial charge in [0.05, 0.1) is 17.1 Å². The smallest absolute Gasteiger partial charge is 0.243 e. The maximum absolute atomic E-state index is 11.7. The Hall–Kier alpha value is -1.27. The van der Waals surface area contributed by atoms with E-state index in [2.05, 4.69) is 10.3 Å². The third-order valence-corrected chi connectivity index (χ3v) is 3.16. The van der Waals surface area contributed by atoms with Gasteiger partial charge in [-0.1, -0.05) is 25.2 Å². The lowest BCUT2D eigenvalue weighted by molar-refractivity contribution is -0.117. The van der Waals surface area contributed by atoms with Crippen molar-refractivity contribution in [2.24, 2.45) is 11.7 Å². The van der Waals surface area contributed by atoms with Gasteiger partial charge in [-0.25, -0.2) is 4.98 Å². The van der Waals surface area contributed by atoms with E-state index in [4.69, 9.17) is 5.73 Å². The van der Waals surface area contributed by atoms with Crippen molar-refractivity contribution in [3.63, 3.8) is 0 Å². The van der Waals surface area contributed by atoms with Gasteiger partial charge in [0.15, 0.2) is 10.9 Å². The second-order valence-corrected chi connectivity index (χ2v) is 5.34. The van der Waals surface area contributed by atoms with Crippen LogP contribution in [0, 0.1) is 5.92 Å². The predicted molar refractivity (Wildman–Crippen MR) is 68.2 cm³/mol. The van der Waals surface area contributed by atoms with Crippen LogP contribution in [-0.4, -0.2) is 22.7 Å². The van der Waals surface area contributed by atoms with E-state index in [9.17, 15) is 9.59 Å². The molecule has 0 aliphatic carbocycles. The third-order valence-electron chi connectivity index (χ3n) is 2.14. The van der Waals surface area contributed by atoms with Gasteiger partial charge in [-0.15, -0.1) is 0 Å². The van der Waals surface area contributed by atoms with Crippen molar-refractivity contribution in [3.8, 4) is 0 Å². The van der Waals surface area contributed by atoms with Crippen molar-refractivity contribution >= 4 is 28.2 Å². The largest absolute Gasteiger partial charge is 0.320 e. The molecule has 0 unspecified atom stereocenters. The molecule has 0 aromatic carbocycles. The van der Waals surface area contributed by atoms with Crippen LogP contribution in [0.2, 0.25) is 0 Å². The van der Waals surface area contributed by atoms with E-state index >= 15 is 0 Å². The number of ketones is 1. The van der Waals surface area contributed by atoms with Gasteiger partial charge in [-0.3, -0.25) is 9.59 Å². The minimum Gasteiger partial charge on any atom is -0.320 e. The second kappa shape index (κ2) is 5.88. The van der Waals surface area contributed by atoms with Gasteiger partial charge in [0.1, 0.15) is 0 Å². The van der Waals surface area contributed by atoms with E-state index in [1.807, 2.05) is 13.8 Å². The topological polar surface area (TPSA) is 85.1 Å². The van der Waals surface area contributed by atoms with Crippen LogP contribution in [0.5, 0.6) is 0 Å². The molecular weight excluding hydrogens is 238 g/mol. The summed E-state index contributed by atoms with van der Waals surface area (Å²) in [5.41, 5.74) is 5.73. The van der Waals surface area contributed by atoms with Crippen LogP contribution in [0.4, 0.5) is 5.13 Å². The average Bonchev–Trinajstić information content (AvgIpc) is 2.65. The minimum atomic E-state index is -0.542. The highest BCUT2D eigenvalue weighted by atomic mass is 32.1. The lowest BCUT2D eigenvalue weighted by atomic mass is 10.0. The molecule has 17 heavy (non-hydrogen) atoms. The van der Waals surface area contributed by atoms with E-state index in [0.717, 1.165) is 11.3 Å². The lowest BCUT2D eigenvalue weighted by Crippen LogP contribution is -2.36. The molecule has 6 heteroatoms. The summed E-state index contributed by atoms with van der Waals surface area (Å²) in [6, 6.07) is -0.542. The van der Waals surface area contributed by atoms with Gasteiger partial charge in [0.2, 0.25) is 5.91 Å². The average molecular weight is 255 g/mol. The summed E-state index contributed by atoms with van der Waals surface area (Å²) < 4.78 is 0. The van der Waals surface area contributed by atoms with E-state index in [1.165, 1.54) is 13.1 Å². The molecule has 0 radical (unpaired) electrons. The number of hydrogen-bond donors (Lipinski definition) is 2. The van der Waals surface area contributed by atoms with Gasteiger partial charge < -0.3 is 11.1 Å². The number of carbonyl (C=O) groups is 2. The van der Waals surface area contributed by atoms with Crippen LogP contribution in [0.15, 0.2) is 6.20 Å². The number of nitrogens with two attached hydrogens (primary N) is 1. The summed E-state index contributed by atoms with van der Waals surface area (Å²) in [7, 11) is 0. The van der Waals surface area contributed by atoms with Gasteiger partial charge in [-0.05, 0) is 12.3 Å². The summed E-state index contributed by atoms with van der Waals surface area (Å²) in [4.78, 5) is 27.2. The quantitative estimate of drug-likeness (QED) is 0.783. The molecule has 1 atom stereocenters. The summed E-state index contributed by atoms with van der Waals surface area (Å²) in [5, 5.41) is 3.03. The standard InChI is InChI=1S/C11H17N3O2S/c1-6(2)4-8(12)10(16)14-11-13-5-9(17-11)7(3)15/h5-6,8H,4,12H2,1-3H3,(H,13,14,16)/t8-/m0/s1. The summed E-state index contributed by atoms with van der Waals surface area (Å²) in [6.45, 7) is 5.47. The van der Waals surface area contributed by atoms with Crippen molar-refractivity contribution < 1.29 is 9.59 Å². The molecule has 0 bridgehead atoms. The SMILES string of the molecule is CC(=O)c1cnc(NC(=O)[C@@H](N)CC(C)C)s1. The molecule has 5 nitrogen and oxygen atoms in total. The monoisotopic (exact) mass is 255 g/mol. The zero-order valence-corrected chi connectivity index (χ0v) is 11.0. The molecule has 0 aliphatic heterocycles. The van der Waals surface area contributed by atoms with Crippen LogP contribution in [-0.2, 0) is 4.79 Å². The van der Waals surface area contributed by atoms with E-state index in [-0.39, 0.29) is 11.7 Å². The van der Waals surface area contributed by atoms with Crippen LogP contribution in [0.25, 0.3) is 0 Å². The highest BCUT2D eigenvalue weighted by Gasteiger charge is 2.16. The number of aromatic nitrogens is 1. The fraction of sp³-hybridized carbons (Fsp3) is 0.545. The molecule has 0 saturated heterocycles. The summed E-state index contributed by atoms with van der Waals surface area (Å²) >= 11 is 1.16. The number of carbonyl (C=O) groups excluding carboxylic acids is 2. The first-order valence-electron chi connectivity index (χ1n) is 5.43. The number of anilines is 1. The fourth-order valence-corrected chi connectivity index (χ4v) is 2.02. The summed E-state index contributed by atoms with van der Waals surface area (Å²) in [6.07, 6.45) is 2.08. The molecule has 1 aromatic rings. The molecule has 0 saturated carbocycles. The number of hydrogen-bond acceptors (Lipinski definition) is 5. The molecular formula is C11H17N3O2S. The molecule has 94 valence electrons. The maximum Gasteiger partial charge on any atom is 0.243 e. The highest BCUT2D eigenvalue weighted by molar-refractivity contribution is 7.17. The number of Topliss-reactive ketones (excluding diaryl/α,β-unsaturated/α-hetero) is 1. The Morgan fingerprint density at radius 3 is 2.65 bits per heavy atom. The Bertz CT molecular complexity index is 415. The second-order valence-electron chi connectivity index (χ2n) is 4.31. The molecule has 1 rings (SSSR count). The first-order valence-corrected chi connectivity index (χ1v) is 6.25. The molecule has 0 aliphatic rings. The Morgan fingerprint density at radius 1 is 1.53 bits per heavy atom. The van der Waals surface area contributed by atoms with Crippen molar-refractivity contribution in [1.29, 1.82) is 0 Å². The van der Waals surface area contributed by atoms with Gasteiger partial charge in [0.25, 0.3) is 0 Å². The fourth-order valence-electron chi connectivity index (χ4n) is 1.31. The molecule has 0 fully saturated rings. The summed E-state index contributed by atoms with van der Waals surface area (Å²) in [5.74, 6) is 0.0393. The normalized spacial score (nSPS) is 12.5. The Morgan fingerprint density at radius 2 is 2.18 bits per heavy atom. The minimum absolute atomic E-state index is 0.0607. The zero-order chi connectivity index (χ0) is 13.0.